The van der Waals surface area contributed by atoms with E-state index in [4.69, 9.17) is 11.6 Å². The van der Waals surface area contributed by atoms with Crippen molar-refractivity contribution < 1.29 is 17.6 Å². The van der Waals surface area contributed by atoms with E-state index in [2.05, 4.69) is 10.0 Å². The lowest BCUT2D eigenvalue weighted by atomic mass is 10.2. The maximum atomic E-state index is 13.4. The zero-order valence-electron chi connectivity index (χ0n) is 10.2. The van der Waals surface area contributed by atoms with Crippen LogP contribution in [0.2, 0.25) is 5.02 Å². The first-order chi connectivity index (χ1) is 8.87. The van der Waals surface area contributed by atoms with Gasteiger partial charge in [-0.25, -0.2) is 17.5 Å². The second kappa shape index (κ2) is 6.83. The molecule has 106 valence electrons. The van der Waals surface area contributed by atoms with Crippen molar-refractivity contribution in [1.82, 2.24) is 10.0 Å². The maximum Gasteiger partial charge on any atom is 0.255 e. The van der Waals surface area contributed by atoms with Gasteiger partial charge in [-0.15, -0.1) is 0 Å². The number of carbonyl (C=O) groups excluding carboxylic acids is 1. The predicted molar refractivity (Wildman–Crippen MR) is 71.2 cm³/mol. The third-order valence-corrected chi connectivity index (χ3v) is 4.02. The fraction of sp³-hybridized carbons (Fsp3) is 0.364. The van der Waals surface area contributed by atoms with E-state index in [0.29, 0.717) is 0 Å². The largest absolute Gasteiger partial charge is 0.351 e. The fourth-order valence-electron chi connectivity index (χ4n) is 1.29. The van der Waals surface area contributed by atoms with E-state index in [1.165, 1.54) is 19.1 Å². The fourth-order valence-corrected chi connectivity index (χ4v) is 2.15. The molecule has 0 aliphatic heterocycles. The topological polar surface area (TPSA) is 75.3 Å². The molecular weight excluding hydrogens is 295 g/mol. The number of halogens is 2. The highest BCUT2D eigenvalue weighted by molar-refractivity contribution is 7.89. The lowest BCUT2D eigenvalue weighted by Crippen LogP contribution is -2.35. The summed E-state index contributed by atoms with van der Waals surface area (Å²) in [4.78, 5) is 11.7. The molecule has 0 aliphatic carbocycles. The number of benzene rings is 1. The number of carbonyl (C=O) groups is 1. The number of amides is 1. The molecular formula is C11H14ClFN2O3S. The van der Waals surface area contributed by atoms with E-state index in [1.54, 1.807) is 0 Å². The standard InChI is InChI=1S/C11H14ClFN2O3S/c1-2-19(17,18)15-7-6-14-11(16)10-8(12)4-3-5-9(10)13/h3-5,15H,2,6-7H2,1H3,(H,14,16). The quantitative estimate of drug-likeness (QED) is 0.774. The van der Waals surface area contributed by atoms with Crippen LogP contribution in [0.1, 0.15) is 17.3 Å². The van der Waals surface area contributed by atoms with Crippen LogP contribution in [0.3, 0.4) is 0 Å². The first-order valence-electron chi connectivity index (χ1n) is 5.57. The Morgan fingerprint density at radius 3 is 2.63 bits per heavy atom. The molecule has 8 heteroatoms. The van der Waals surface area contributed by atoms with Gasteiger partial charge in [-0.2, -0.15) is 0 Å². The van der Waals surface area contributed by atoms with Gasteiger partial charge in [-0.1, -0.05) is 17.7 Å². The highest BCUT2D eigenvalue weighted by Gasteiger charge is 2.15. The van der Waals surface area contributed by atoms with Crippen molar-refractivity contribution in [3.05, 3.63) is 34.6 Å². The van der Waals surface area contributed by atoms with Gasteiger partial charge in [0.15, 0.2) is 0 Å². The molecule has 0 saturated heterocycles. The normalized spacial score (nSPS) is 11.3. The average Bonchev–Trinajstić information content (AvgIpc) is 2.34. The van der Waals surface area contributed by atoms with Crippen LogP contribution >= 0.6 is 11.6 Å². The molecule has 1 aromatic carbocycles. The Hall–Kier alpha value is -1.18. The smallest absolute Gasteiger partial charge is 0.255 e. The summed E-state index contributed by atoms with van der Waals surface area (Å²) < 4.78 is 37.9. The van der Waals surface area contributed by atoms with E-state index >= 15 is 0 Å². The number of nitrogens with one attached hydrogen (secondary N) is 2. The Morgan fingerprint density at radius 1 is 1.37 bits per heavy atom. The molecule has 2 N–H and O–H groups in total. The summed E-state index contributed by atoms with van der Waals surface area (Å²) in [5, 5.41) is 2.39. The zero-order valence-corrected chi connectivity index (χ0v) is 11.8. The summed E-state index contributed by atoms with van der Waals surface area (Å²) in [6, 6.07) is 3.92. The molecule has 0 unspecified atom stereocenters. The molecule has 0 aromatic heterocycles. The molecule has 1 rings (SSSR count). The lowest BCUT2D eigenvalue weighted by molar-refractivity contribution is 0.0950. The third-order valence-electron chi connectivity index (χ3n) is 2.30. The third kappa shape index (κ3) is 4.77. The molecule has 0 saturated carbocycles. The van der Waals surface area contributed by atoms with Gasteiger partial charge in [0.2, 0.25) is 10.0 Å². The van der Waals surface area contributed by atoms with Crippen LogP contribution in [0.4, 0.5) is 4.39 Å². The number of hydrogen-bond donors (Lipinski definition) is 2. The van der Waals surface area contributed by atoms with E-state index in [9.17, 15) is 17.6 Å². The lowest BCUT2D eigenvalue weighted by Gasteiger charge is -2.08. The molecule has 0 radical (unpaired) electrons. The van der Waals surface area contributed by atoms with E-state index in [1.807, 2.05) is 0 Å². The summed E-state index contributed by atoms with van der Waals surface area (Å²) >= 11 is 5.72. The number of hydrogen-bond acceptors (Lipinski definition) is 3. The Morgan fingerprint density at radius 2 is 2.05 bits per heavy atom. The van der Waals surface area contributed by atoms with Gasteiger partial charge in [0.05, 0.1) is 16.3 Å². The summed E-state index contributed by atoms with van der Waals surface area (Å²) in [5.74, 6) is -1.45. The van der Waals surface area contributed by atoms with Crippen molar-refractivity contribution in [2.24, 2.45) is 0 Å². The maximum absolute atomic E-state index is 13.4. The molecule has 1 aromatic rings. The summed E-state index contributed by atoms with van der Waals surface area (Å²) in [5.41, 5.74) is -0.248. The first-order valence-corrected chi connectivity index (χ1v) is 7.60. The average molecular weight is 309 g/mol. The molecule has 0 spiro atoms. The van der Waals surface area contributed by atoms with Crippen molar-refractivity contribution in [2.75, 3.05) is 18.8 Å². The molecule has 0 heterocycles. The number of rotatable bonds is 6. The molecule has 0 fully saturated rings. The van der Waals surface area contributed by atoms with Crippen LogP contribution in [0, 0.1) is 5.82 Å². The van der Waals surface area contributed by atoms with Crippen LogP contribution in [0.15, 0.2) is 18.2 Å². The Bertz CT molecular complexity index is 543. The molecule has 0 bridgehead atoms. The second-order valence-electron chi connectivity index (χ2n) is 3.65. The van der Waals surface area contributed by atoms with Crippen LogP contribution in [0.5, 0.6) is 0 Å². The second-order valence-corrected chi connectivity index (χ2v) is 6.15. The van der Waals surface area contributed by atoms with Crippen LogP contribution < -0.4 is 10.0 Å². The Labute approximate surface area is 116 Å². The number of sulfonamides is 1. The molecule has 5 nitrogen and oxygen atoms in total. The van der Waals surface area contributed by atoms with E-state index in [0.717, 1.165) is 6.07 Å². The zero-order chi connectivity index (χ0) is 14.5. The van der Waals surface area contributed by atoms with Crippen molar-refractivity contribution in [1.29, 1.82) is 0 Å². The highest BCUT2D eigenvalue weighted by Crippen LogP contribution is 2.18. The van der Waals surface area contributed by atoms with Gasteiger partial charge >= 0.3 is 0 Å². The Balaban J connectivity index is 2.53. The van der Waals surface area contributed by atoms with Crippen LogP contribution in [0.25, 0.3) is 0 Å². The van der Waals surface area contributed by atoms with Gasteiger partial charge < -0.3 is 5.32 Å². The van der Waals surface area contributed by atoms with Gasteiger partial charge in [0, 0.05) is 13.1 Å². The van der Waals surface area contributed by atoms with Crippen molar-refractivity contribution in [2.45, 2.75) is 6.92 Å². The molecule has 0 aliphatic rings. The van der Waals surface area contributed by atoms with E-state index in [-0.39, 0.29) is 29.4 Å². The van der Waals surface area contributed by atoms with Crippen LogP contribution in [-0.2, 0) is 10.0 Å². The SMILES string of the molecule is CCS(=O)(=O)NCCNC(=O)c1c(F)cccc1Cl. The summed E-state index contributed by atoms with van der Waals surface area (Å²) in [6.07, 6.45) is 0. The summed E-state index contributed by atoms with van der Waals surface area (Å²) in [6.45, 7) is 1.58. The van der Waals surface area contributed by atoms with Crippen molar-refractivity contribution >= 4 is 27.5 Å². The van der Waals surface area contributed by atoms with Gasteiger partial charge in [-0.05, 0) is 19.1 Å². The molecule has 19 heavy (non-hydrogen) atoms. The highest BCUT2D eigenvalue weighted by atomic mass is 35.5. The Kier molecular flexibility index (Phi) is 5.71. The minimum Gasteiger partial charge on any atom is -0.351 e. The van der Waals surface area contributed by atoms with Crippen molar-refractivity contribution in [3.63, 3.8) is 0 Å². The minimum atomic E-state index is -3.30. The van der Waals surface area contributed by atoms with Gasteiger partial charge in [0.25, 0.3) is 5.91 Å². The molecule has 1 amide bonds. The molecule has 0 atom stereocenters. The van der Waals surface area contributed by atoms with Crippen molar-refractivity contribution in [3.8, 4) is 0 Å². The van der Waals surface area contributed by atoms with E-state index < -0.39 is 21.7 Å². The van der Waals surface area contributed by atoms with Crippen LogP contribution in [-0.4, -0.2) is 33.2 Å². The van der Waals surface area contributed by atoms with Gasteiger partial charge in [0.1, 0.15) is 5.82 Å². The minimum absolute atomic E-state index is 0.00615. The van der Waals surface area contributed by atoms with Gasteiger partial charge in [-0.3, -0.25) is 4.79 Å². The monoisotopic (exact) mass is 308 g/mol. The summed E-state index contributed by atoms with van der Waals surface area (Å²) in [7, 11) is -3.30. The first kappa shape index (κ1) is 15.9. The predicted octanol–water partition coefficient (Wildman–Crippen LogP) is 1.15.